The summed E-state index contributed by atoms with van der Waals surface area (Å²) in [5.74, 6) is 0.0705. The molecule has 0 aliphatic rings. The molecule has 0 heterocycles. The molecule has 0 aromatic carbocycles. The summed E-state index contributed by atoms with van der Waals surface area (Å²) in [4.78, 5) is 54.6. The molecule has 310 valence electrons. The minimum absolute atomic E-state index is 0.163. The Hall–Kier alpha value is -1.80. The number of carbonyl (C=O) groups is 3. The van der Waals surface area contributed by atoms with Crippen LogP contribution in [0, 0.1) is 5.92 Å². The van der Waals surface area contributed by atoms with E-state index in [0.29, 0.717) is 19.3 Å². The van der Waals surface area contributed by atoms with Crippen LogP contribution in [0.4, 0.5) is 0 Å². The molecule has 53 heavy (non-hydrogen) atoms. The first kappa shape index (κ1) is 51.2. The summed E-state index contributed by atoms with van der Waals surface area (Å²) in [6.45, 7) is 5.87. The molecule has 0 saturated carbocycles. The molecule has 0 rings (SSSR count). The van der Waals surface area contributed by atoms with Crippen LogP contribution >= 0.6 is 7.82 Å². The fraction of sp³-hybridized carbons (Fsp3) is 0.837. The first-order valence-electron chi connectivity index (χ1n) is 21.4. The molecule has 0 radical (unpaired) electrons. The SMILES string of the molecule is CCCCCC(=O)/C=C/C=C\CCCCCCCC(=O)O[C@H](COC(=O)CCCCCCCCCCCCCCCCCCC(C)C)COP(=O)(O)O. The van der Waals surface area contributed by atoms with Crippen molar-refractivity contribution in [1.29, 1.82) is 0 Å². The monoisotopic (exact) mass is 771 g/mol. The van der Waals surface area contributed by atoms with Gasteiger partial charge in [0.15, 0.2) is 11.9 Å². The molecular weight excluding hydrogens is 691 g/mol. The third-order valence-corrected chi connectivity index (χ3v) is 9.86. The number of phosphoric ester groups is 1. The van der Waals surface area contributed by atoms with Gasteiger partial charge in [-0.3, -0.25) is 18.9 Å². The Bertz CT molecular complexity index is 988. The maximum atomic E-state index is 12.4. The van der Waals surface area contributed by atoms with Gasteiger partial charge in [-0.15, -0.1) is 0 Å². The first-order valence-corrected chi connectivity index (χ1v) is 23.0. The number of ether oxygens (including phenoxy) is 2. The van der Waals surface area contributed by atoms with Crippen LogP contribution in [0.25, 0.3) is 0 Å². The van der Waals surface area contributed by atoms with Gasteiger partial charge in [-0.25, -0.2) is 4.57 Å². The highest BCUT2D eigenvalue weighted by atomic mass is 31.2. The van der Waals surface area contributed by atoms with Crippen molar-refractivity contribution in [2.45, 2.75) is 213 Å². The van der Waals surface area contributed by atoms with Crippen molar-refractivity contribution >= 4 is 25.5 Å². The molecule has 0 saturated heterocycles. The number of ketones is 1. The standard InChI is InChI=1S/C43H79O9P/c1-4-5-27-33-40(44)34-29-24-20-16-14-18-22-26-31-36-43(46)52-41(38-51-53(47,48)49)37-50-42(45)35-30-25-21-17-13-11-9-7-6-8-10-12-15-19-23-28-32-39(2)3/h20,24,29,34,39,41H,4-19,21-23,25-28,30-33,35-38H2,1-3H3,(H2,47,48,49)/b24-20-,34-29+/t41-/m1/s1. The number of phosphoric acid groups is 1. The van der Waals surface area contributed by atoms with E-state index in [9.17, 15) is 18.9 Å². The van der Waals surface area contributed by atoms with Crippen molar-refractivity contribution in [1.82, 2.24) is 0 Å². The lowest BCUT2D eigenvalue weighted by Crippen LogP contribution is -2.29. The summed E-state index contributed by atoms with van der Waals surface area (Å²) in [6.07, 6.45) is 37.4. The minimum Gasteiger partial charge on any atom is -0.462 e. The quantitative estimate of drug-likeness (QED) is 0.0206. The number of allylic oxidation sites excluding steroid dienone is 4. The topological polar surface area (TPSA) is 136 Å². The zero-order valence-corrected chi connectivity index (χ0v) is 35.0. The van der Waals surface area contributed by atoms with Crippen molar-refractivity contribution in [2.75, 3.05) is 13.2 Å². The number of hydrogen-bond acceptors (Lipinski definition) is 7. The van der Waals surface area contributed by atoms with Crippen LogP contribution in [0.5, 0.6) is 0 Å². The van der Waals surface area contributed by atoms with Gasteiger partial charge in [-0.05, 0) is 44.1 Å². The van der Waals surface area contributed by atoms with Crippen LogP contribution in [0.3, 0.4) is 0 Å². The summed E-state index contributed by atoms with van der Waals surface area (Å²) >= 11 is 0. The Labute approximate surface area is 324 Å². The maximum absolute atomic E-state index is 12.4. The fourth-order valence-electron chi connectivity index (χ4n) is 6.13. The van der Waals surface area contributed by atoms with Gasteiger partial charge in [0.2, 0.25) is 0 Å². The molecule has 2 N–H and O–H groups in total. The molecule has 0 spiro atoms. The lowest BCUT2D eigenvalue weighted by atomic mass is 10.0. The smallest absolute Gasteiger partial charge is 0.462 e. The van der Waals surface area contributed by atoms with E-state index in [0.717, 1.165) is 70.1 Å². The van der Waals surface area contributed by atoms with E-state index in [-0.39, 0.29) is 25.2 Å². The fourth-order valence-corrected chi connectivity index (χ4v) is 6.49. The first-order chi connectivity index (χ1) is 25.5. The zero-order chi connectivity index (χ0) is 39.3. The summed E-state index contributed by atoms with van der Waals surface area (Å²) < 4.78 is 26.3. The van der Waals surface area contributed by atoms with Crippen LogP contribution in [0.1, 0.15) is 207 Å². The molecule has 0 aliphatic heterocycles. The Kier molecular flexibility index (Phi) is 35.9. The lowest BCUT2D eigenvalue weighted by molar-refractivity contribution is -0.161. The van der Waals surface area contributed by atoms with E-state index in [1.54, 1.807) is 6.08 Å². The van der Waals surface area contributed by atoms with Crippen molar-refractivity contribution in [3.63, 3.8) is 0 Å². The van der Waals surface area contributed by atoms with Crippen LogP contribution in [0.2, 0.25) is 0 Å². The van der Waals surface area contributed by atoms with Crippen molar-refractivity contribution in [2.24, 2.45) is 5.92 Å². The largest absolute Gasteiger partial charge is 0.469 e. The third-order valence-electron chi connectivity index (χ3n) is 9.38. The van der Waals surface area contributed by atoms with Gasteiger partial charge >= 0.3 is 19.8 Å². The number of unbranched alkanes of at least 4 members (excludes halogenated alkanes) is 22. The van der Waals surface area contributed by atoms with Crippen molar-refractivity contribution in [3.8, 4) is 0 Å². The van der Waals surface area contributed by atoms with Gasteiger partial charge in [0.1, 0.15) is 6.61 Å². The normalized spacial score (nSPS) is 12.6. The van der Waals surface area contributed by atoms with Crippen LogP contribution in [-0.4, -0.2) is 46.8 Å². The van der Waals surface area contributed by atoms with E-state index < -0.39 is 32.5 Å². The summed E-state index contributed by atoms with van der Waals surface area (Å²) in [6, 6.07) is 0. The number of carbonyl (C=O) groups excluding carboxylic acids is 3. The number of esters is 2. The predicted molar refractivity (Wildman–Crippen MR) is 217 cm³/mol. The average molecular weight is 771 g/mol. The molecule has 0 aromatic heterocycles. The molecule has 9 nitrogen and oxygen atoms in total. The van der Waals surface area contributed by atoms with Gasteiger partial charge in [-0.2, -0.15) is 0 Å². The Balaban J connectivity index is 3.93. The summed E-state index contributed by atoms with van der Waals surface area (Å²) in [5.41, 5.74) is 0. The number of rotatable bonds is 39. The Morgan fingerprint density at radius 1 is 0.585 bits per heavy atom. The van der Waals surface area contributed by atoms with Crippen LogP contribution in [-0.2, 0) is 32.9 Å². The van der Waals surface area contributed by atoms with Gasteiger partial charge in [0.05, 0.1) is 6.61 Å². The molecule has 0 aliphatic carbocycles. The maximum Gasteiger partial charge on any atom is 0.469 e. The predicted octanol–water partition coefficient (Wildman–Crippen LogP) is 12.2. The second-order valence-corrected chi connectivity index (χ2v) is 16.4. The van der Waals surface area contributed by atoms with E-state index in [4.69, 9.17) is 19.3 Å². The van der Waals surface area contributed by atoms with Crippen molar-refractivity contribution in [3.05, 3.63) is 24.3 Å². The molecule has 0 aromatic rings. The van der Waals surface area contributed by atoms with E-state index in [1.807, 2.05) is 12.2 Å². The van der Waals surface area contributed by atoms with E-state index >= 15 is 0 Å². The van der Waals surface area contributed by atoms with Gasteiger partial charge in [0, 0.05) is 19.3 Å². The van der Waals surface area contributed by atoms with Crippen LogP contribution < -0.4 is 0 Å². The molecule has 0 unspecified atom stereocenters. The minimum atomic E-state index is -4.77. The van der Waals surface area contributed by atoms with E-state index in [2.05, 4.69) is 31.4 Å². The van der Waals surface area contributed by atoms with Crippen LogP contribution in [0.15, 0.2) is 24.3 Å². The third kappa shape index (κ3) is 41.2. The number of hydrogen-bond donors (Lipinski definition) is 2. The van der Waals surface area contributed by atoms with E-state index in [1.165, 1.54) is 89.9 Å². The Morgan fingerprint density at radius 2 is 1.06 bits per heavy atom. The molecule has 1 atom stereocenters. The highest BCUT2D eigenvalue weighted by molar-refractivity contribution is 7.46. The average Bonchev–Trinajstić information content (AvgIpc) is 3.10. The highest BCUT2D eigenvalue weighted by Crippen LogP contribution is 2.36. The molecule has 0 amide bonds. The van der Waals surface area contributed by atoms with Gasteiger partial charge in [-0.1, -0.05) is 174 Å². The lowest BCUT2D eigenvalue weighted by Gasteiger charge is -2.18. The summed E-state index contributed by atoms with van der Waals surface area (Å²) in [7, 11) is -4.77. The van der Waals surface area contributed by atoms with Gasteiger partial charge < -0.3 is 19.3 Å². The van der Waals surface area contributed by atoms with Crippen molar-refractivity contribution < 1.29 is 42.7 Å². The second-order valence-electron chi connectivity index (χ2n) is 15.2. The molecule has 0 bridgehead atoms. The second kappa shape index (κ2) is 37.1. The summed E-state index contributed by atoms with van der Waals surface area (Å²) in [5, 5.41) is 0. The molecule has 10 heteroatoms. The van der Waals surface area contributed by atoms with Gasteiger partial charge in [0.25, 0.3) is 0 Å². The molecule has 0 fully saturated rings. The molecular formula is C43H79O9P. The Morgan fingerprint density at radius 3 is 1.57 bits per heavy atom. The highest BCUT2D eigenvalue weighted by Gasteiger charge is 2.23. The zero-order valence-electron chi connectivity index (χ0n) is 34.1.